The number of aryl methyl sites for hydroxylation is 1. The number of nitrogens with one attached hydrogen (secondary N) is 1. The topological polar surface area (TPSA) is 58.6 Å². The Hall–Kier alpha value is -0.470. The maximum Gasteiger partial charge on any atom is 0.217 e. The van der Waals surface area contributed by atoms with E-state index in [0.717, 1.165) is 19.4 Å². The first-order chi connectivity index (χ1) is 11.1. The first-order valence-electron chi connectivity index (χ1n) is 8.40. The predicted molar refractivity (Wildman–Crippen MR) is 93.3 cm³/mol. The summed E-state index contributed by atoms with van der Waals surface area (Å²) >= 11 is 1.78. The molecule has 3 rings (SSSR count). The third-order valence-electron chi connectivity index (χ3n) is 4.92. The summed E-state index contributed by atoms with van der Waals surface area (Å²) in [5, 5.41) is 5.46. The maximum atomic E-state index is 12.7. The Morgan fingerprint density at radius 1 is 1.26 bits per heavy atom. The van der Waals surface area contributed by atoms with Crippen LogP contribution in [0.3, 0.4) is 0 Å². The van der Waals surface area contributed by atoms with Crippen molar-refractivity contribution in [2.24, 2.45) is 0 Å². The van der Waals surface area contributed by atoms with Gasteiger partial charge in [0.25, 0.3) is 0 Å². The Balaban J connectivity index is 1.49. The van der Waals surface area contributed by atoms with Crippen molar-refractivity contribution < 1.29 is 13.2 Å². The lowest BCUT2D eigenvalue weighted by molar-refractivity contribution is 0.0968. The summed E-state index contributed by atoms with van der Waals surface area (Å²) in [6.45, 7) is 5.45. The molecule has 0 aromatic carbocycles. The summed E-state index contributed by atoms with van der Waals surface area (Å²) < 4.78 is 32.4. The number of hydrogen-bond acceptors (Lipinski definition) is 5. The third-order valence-corrected chi connectivity index (χ3v) is 8.34. The van der Waals surface area contributed by atoms with Gasteiger partial charge in [0, 0.05) is 43.8 Å². The summed E-state index contributed by atoms with van der Waals surface area (Å²) in [5.74, 6) is 0. The van der Waals surface area contributed by atoms with Crippen molar-refractivity contribution in [2.75, 3.05) is 26.3 Å². The lowest BCUT2D eigenvalue weighted by Gasteiger charge is -2.35. The summed E-state index contributed by atoms with van der Waals surface area (Å²) in [6, 6.07) is 2.56. The monoisotopic (exact) mass is 358 g/mol. The van der Waals surface area contributed by atoms with Crippen molar-refractivity contribution in [1.29, 1.82) is 0 Å². The quantitative estimate of drug-likeness (QED) is 0.876. The number of sulfonamides is 1. The average molecular weight is 359 g/mol. The van der Waals surface area contributed by atoms with Crippen LogP contribution >= 0.6 is 11.3 Å². The zero-order chi connectivity index (χ0) is 16.3. The van der Waals surface area contributed by atoms with Crippen molar-refractivity contribution in [1.82, 2.24) is 9.62 Å². The molecule has 2 saturated heterocycles. The Kier molecular flexibility index (Phi) is 5.74. The van der Waals surface area contributed by atoms with Gasteiger partial charge in [-0.05, 0) is 49.6 Å². The van der Waals surface area contributed by atoms with Gasteiger partial charge in [0.1, 0.15) is 0 Å². The smallest absolute Gasteiger partial charge is 0.217 e. The van der Waals surface area contributed by atoms with E-state index < -0.39 is 10.0 Å². The van der Waals surface area contributed by atoms with Crippen LogP contribution in [0.2, 0.25) is 0 Å². The molecule has 0 aliphatic carbocycles. The molecule has 5 nitrogen and oxygen atoms in total. The van der Waals surface area contributed by atoms with Crippen molar-refractivity contribution in [3.05, 3.63) is 21.9 Å². The van der Waals surface area contributed by atoms with Gasteiger partial charge in [0.05, 0.1) is 5.25 Å². The fourth-order valence-electron chi connectivity index (χ4n) is 3.32. The maximum absolute atomic E-state index is 12.7. The van der Waals surface area contributed by atoms with Crippen LogP contribution < -0.4 is 5.32 Å². The molecule has 1 N–H and O–H groups in total. The zero-order valence-electron chi connectivity index (χ0n) is 13.7. The Bertz CT molecular complexity index is 601. The predicted octanol–water partition coefficient (Wildman–Crippen LogP) is 2.12. The number of ether oxygens (including phenoxy) is 1. The van der Waals surface area contributed by atoms with Gasteiger partial charge < -0.3 is 10.1 Å². The summed E-state index contributed by atoms with van der Waals surface area (Å²) in [5.41, 5.74) is 1.34. The highest BCUT2D eigenvalue weighted by Gasteiger charge is 2.35. The molecule has 130 valence electrons. The fraction of sp³-hybridized carbons (Fsp3) is 0.750. The van der Waals surface area contributed by atoms with Crippen molar-refractivity contribution >= 4 is 21.4 Å². The van der Waals surface area contributed by atoms with Crippen molar-refractivity contribution in [3.8, 4) is 0 Å². The second kappa shape index (κ2) is 7.61. The summed E-state index contributed by atoms with van der Waals surface area (Å²) in [4.78, 5) is 1.38. The normalized spacial score (nSPS) is 22.5. The Morgan fingerprint density at radius 2 is 1.96 bits per heavy atom. The van der Waals surface area contributed by atoms with Crippen LogP contribution in [0.5, 0.6) is 0 Å². The largest absolute Gasteiger partial charge is 0.381 e. The molecule has 0 bridgehead atoms. The number of nitrogens with zero attached hydrogens (tertiary/aromatic N) is 1. The van der Waals surface area contributed by atoms with E-state index in [-0.39, 0.29) is 5.25 Å². The summed E-state index contributed by atoms with van der Waals surface area (Å²) in [6.07, 6.45) is 3.07. The molecule has 7 heteroatoms. The molecule has 3 heterocycles. The van der Waals surface area contributed by atoms with Crippen LogP contribution in [0.25, 0.3) is 0 Å². The van der Waals surface area contributed by atoms with Gasteiger partial charge in [0.15, 0.2) is 0 Å². The van der Waals surface area contributed by atoms with E-state index in [4.69, 9.17) is 4.74 Å². The Morgan fingerprint density at radius 3 is 2.57 bits per heavy atom. The van der Waals surface area contributed by atoms with Crippen molar-refractivity contribution in [3.63, 3.8) is 0 Å². The van der Waals surface area contributed by atoms with Crippen LogP contribution in [0.1, 0.15) is 36.1 Å². The SMILES string of the molecule is Cc1ccsc1CNC1CCN(S(=O)(=O)C2CCOCC2)CC1. The van der Waals surface area contributed by atoms with Crippen LogP contribution in [0.15, 0.2) is 11.4 Å². The lowest BCUT2D eigenvalue weighted by atomic mass is 10.1. The second-order valence-corrected chi connectivity index (χ2v) is 9.65. The minimum atomic E-state index is -3.15. The van der Waals surface area contributed by atoms with E-state index >= 15 is 0 Å². The molecule has 0 spiro atoms. The minimum Gasteiger partial charge on any atom is -0.381 e. The van der Waals surface area contributed by atoms with Gasteiger partial charge in [-0.2, -0.15) is 0 Å². The first-order valence-corrected chi connectivity index (χ1v) is 10.8. The second-order valence-electron chi connectivity index (χ2n) is 6.44. The molecule has 1 aromatic rings. The third kappa shape index (κ3) is 4.14. The molecule has 0 radical (unpaired) electrons. The van der Waals surface area contributed by atoms with Crippen molar-refractivity contribution in [2.45, 2.75) is 50.4 Å². The molecule has 0 unspecified atom stereocenters. The van der Waals surface area contributed by atoms with E-state index in [0.29, 0.717) is 45.2 Å². The average Bonchev–Trinajstić information content (AvgIpc) is 2.99. The molecule has 0 amide bonds. The molecular weight excluding hydrogens is 332 g/mol. The minimum absolute atomic E-state index is 0.241. The highest BCUT2D eigenvalue weighted by atomic mass is 32.2. The van der Waals surface area contributed by atoms with Gasteiger partial charge in [0.2, 0.25) is 10.0 Å². The molecule has 2 fully saturated rings. The van der Waals surface area contributed by atoms with Crippen LogP contribution in [-0.2, 0) is 21.3 Å². The molecule has 0 saturated carbocycles. The lowest BCUT2D eigenvalue weighted by Crippen LogP contribution is -2.48. The highest BCUT2D eigenvalue weighted by Crippen LogP contribution is 2.23. The molecule has 2 aliphatic rings. The van der Waals surface area contributed by atoms with Gasteiger partial charge in [-0.1, -0.05) is 0 Å². The molecule has 0 atom stereocenters. The van der Waals surface area contributed by atoms with Gasteiger partial charge in [-0.3, -0.25) is 0 Å². The number of thiophene rings is 1. The van der Waals surface area contributed by atoms with E-state index in [9.17, 15) is 8.42 Å². The van der Waals surface area contributed by atoms with Gasteiger partial charge in [-0.25, -0.2) is 12.7 Å². The molecule has 1 aromatic heterocycles. The summed E-state index contributed by atoms with van der Waals surface area (Å²) in [7, 11) is -3.15. The standard InChI is InChI=1S/C16H26N2O3S2/c1-13-6-11-22-16(13)12-17-14-2-7-18(8-3-14)23(19,20)15-4-9-21-10-5-15/h6,11,14-15,17H,2-5,7-10,12H2,1H3. The number of hydrogen-bond donors (Lipinski definition) is 1. The molecular formula is C16H26N2O3S2. The molecule has 23 heavy (non-hydrogen) atoms. The van der Waals surface area contributed by atoms with Gasteiger partial charge in [-0.15, -0.1) is 11.3 Å². The van der Waals surface area contributed by atoms with Gasteiger partial charge >= 0.3 is 0 Å². The van der Waals surface area contributed by atoms with E-state index in [1.807, 2.05) is 0 Å². The van der Waals surface area contributed by atoms with Crippen LogP contribution in [0.4, 0.5) is 0 Å². The zero-order valence-corrected chi connectivity index (χ0v) is 15.3. The highest BCUT2D eigenvalue weighted by molar-refractivity contribution is 7.89. The number of piperidine rings is 1. The van der Waals surface area contributed by atoms with Crippen LogP contribution in [-0.4, -0.2) is 50.3 Å². The first kappa shape index (κ1) is 17.4. The van der Waals surface area contributed by atoms with E-state index in [1.165, 1.54) is 10.4 Å². The number of rotatable bonds is 5. The Labute approximate surface area is 143 Å². The fourth-order valence-corrected chi connectivity index (χ4v) is 6.11. The molecule has 2 aliphatic heterocycles. The van der Waals surface area contributed by atoms with Crippen LogP contribution in [0, 0.1) is 6.92 Å². The van der Waals surface area contributed by atoms with E-state index in [1.54, 1.807) is 15.6 Å². The van der Waals surface area contributed by atoms with E-state index in [2.05, 4.69) is 23.7 Å².